The zero-order valence-corrected chi connectivity index (χ0v) is 10.5. The first kappa shape index (κ1) is 14.8. The Morgan fingerprint density at radius 1 is 1.40 bits per heavy atom. The fraction of sp³-hybridized carbons (Fsp3) is 0.462. The summed E-state index contributed by atoms with van der Waals surface area (Å²) in [4.78, 5) is 11.8. The Bertz CT molecular complexity index is 481. The SMILES string of the molecule is O=C(NC(CO)c1cc(F)c(F)c(F)c1)C1CCCO1. The number of ether oxygens (including phenoxy) is 1. The van der Waals surface area contributed by atoms with Gasteiger partial charge in [-0.3, -0.25) is 4.79 Å². The van der Waals surface area contributed by atoms with Gasteiger partial charge in [0.1, 0.15) is 6.10 Å². The molecule has 2 atom stereocenters. The number of halogens is 3. The molecule has 20 heavy (non-hydrogen) atoms. The molecule has 0 aliphatic carbocycles. The molecule has 110 valence electrons. The van der Waals surface area contributed by atoms with Crippen LogP contribution < -0.4 is 5.32 Å². The summed E-state index contributed by atoms with van der Waals surface area (Å²) in [5, 5.41) is 11.7. The third-order valence-electron chi connectivity index (χ3n) is 3.13. The highest BCUT2D eigenvalue weighted by molar-refractivity contribution is 5.81. The van der Waals surface area contributed by atoms with Gasteiger partial charge in [-0.05, 0) is 30.5 Å². The lowest BCUT2D eigenvalue weighted by molar-refractivity contribution is -0.131. The average Bonchev–Trinajstić information content (AvgIpc) is 2.95. The fourth-order valence-electron chi connectivity index (χ4n) is 2.06. The minimum Gasteiger partial charge on any atom is -0.394 e. The van der Waals surface area contributed by atoms with Crippen LogP contribution >= 0.6 is 0 Å². The van der Waals surface area contributed by atoms with Crippen LogP contribution in [0.4, 0.5) is 13.2 Å². The van der Waals surface area contributed by atoms with E-state index in [1.807, 2.05) is 0 Å². The standard InChI is InChI=1S/C13H14F3NO3/c14-8-4-7(5-9(15)12(8)16)10(6-18)17-13(19)11-2-1-3-20-11/h4-5,10-11,18H,1-3,6H2,(H,17,19). The van der Waals surface area contributed by atoms with Gasteiger partial charge >= 0.3 is 0 Å². The number of carbonyl (C=O) groups excluding carboxylic acids is 1. The maximum atomic E-state index is 13.1. The number of aliphatic hydroxyl groups excluding tert-OH is 1. The van der Waals surface area contributed by atoms with Crippen LogP contribution in [-0.2, 0) is 9.53 Å². The molecule has 2 rings (SSSR count). The van der Waals surface area contributed by atoms with E-state index in [2.05, 4.69) is 5.32 Å². The van der Waals surface area contributed by atoms with Crippen LogP contribution in [0.1, 0.15) is 24.4 Å². The minimum atomic E-state index is -1.59. The van der Waals surface area contributed by atoms with Crippen molar-refractivity contribution in [2.24, 2.45) is 0 Å². The smallest absolute Gasteiger partial charge is 0.249 e. The maximum absolute atomic E-state index is 13.1. The van der Waals surface area contributed by atoms with Crippen molar-refractivity contribution in [3.63, 3.8) is 0 Å². The molecule has 1 heterocycles. The molecule has 1 saturated heterocycles. The van der Waals surface area contributed by atoms with Gasteiger partial charge in [-0.15, -0.1) is 0 Å². The summed E-state index contributed by atoms with van der Waals surface area (Å²) in [7, 11) is 0. The van der Waals surface area contributed by atoms with Crippen molar-refractivity contribution in [3.05, 3.63) is 35.1 Å². The first-order chi connectivity index (χ1) is 9.52. The lowest BCUT2D eigenvalue weighted by atomic mass is 10.1. The molecule has 1 aliphatic heterocycles. The zero-order valence-electron chi connectivity index (χ0n) is 10.5. The zero-order chi connectivity index (χ0) is 14.7. The number of amides is 1. The van der Waals surface area contributed by atoms with Crippen molar-refractivity contribution in [2.45, 2.75) is 25.0 Å². The topological polar surface area (TPSA) is 58.6 Å². The Labute approximate surface area is 113 Å². The summed E-state index contributed by atoms with van der Waals surface area (Å²) in [6, 6.07) is 0.473. The molecule has 0 bridgehead atoms. The Kier molecular flexibility index (Phi) is 4.61. The number of rotatable bonds is 4. The first-order valence-electron chi connectivity index (χ1n) is 6.20. The third-order valence-corrected chi connectivity index (χ3v) is 3.13. The van der Waals surface area contributed by atoms with Gasteiger partial charge < -0.3 is 15.2 Å². The Morgan fingerprint density at radius 2 is 2.05 bits per heavy atom. The Hall–Kier alpha value is -1.60. The number of nitrogens with one attached hydrogen (secondary N) is 1. The third kappa shape index (κ3) is 3.10. The summed E-state index contributed by atoms with van der Waals surface area (Å²) in [5.41, 5.74) is -0.0461. The van der Waals surface area contributed by atoms with Crippen LogP contribution in [0, 0.1) is 17.5 Å². The highest BCUT2D eigenvalue weighted by Gasteiger charge is 2.26. The second-order valence-electron chi connectivity index (χ2n) is 4.54. The van der Waals surface area contributed by atoms with Crippen molar-refractivity contribution >= 4 is 5.91 Å². The van der Waals surface area contributed by atoms with E-state index >= 15 is 0 Å². The van der Waals surface area contributed by atoms with E-state index in [4.69, 9.17) is 4.74 Å². The van der Waals surface area contributed by atoms with Gasteiger partial charge in [0.2, 0.25) is 5.91 Å². The normalized spacial score (nSPS) is 19.9. The average molecular weight is 289 g/mol. The van der Waals surface area contributed by atoms with Gasteiger partial charge in [-0.1, -0.05) is 0 Å². The molecule has 0 saturated carbocycles. The van der Waals surface area contributed by atoms with Crippen molar-refractivity contribution in [3.8, 4) is 0 Å². The molecule has 4 nitrogen and oxygen atoms in total. The summed E-state index contributed by atoms with van der Waals surface area (Å²) >= 11 is 0. The van der Waals surface area contributed by atoms with Crippen molar-refractivity contribution in [1.29, 1.82) is 0 Å². The Balaban J connectivity index is 2.13. The van der Waals surface area contributed by atoms with E-state index in [9.17, 15) is 23.1 Å². The second kappa shape index (κ2) is 6.23. The van der Waals surface area contributed by atoms with E-state index in [0.717, 1.165) is 18.6 Å². The van der Waals surface area contributed by atoms with Crippen LogP contribution in [0.2, 0.25) is 0 Å². The van der Waals surface area contributed by atoms with Crippen molar-refractivity contribution in [1.82, 2.24) is 5.32 Å². The van der Waals surface area contributed by atoms with E-state index in [1.165, 1.54) is 0 Å². The van der Waals surface area contributed by atoms with Gasteiger partial charge in [0, 0.05) is 6.61 Å². The largest absolute Gasteiger partial charge is 0.394 e. The summed E-state index contributed by atoms with van der Waals surface area (Å²) < 4.78 is 44.3. The number of carbonyl (C=O) groups is 1. The lowest BCUT2D eigenvalue weighted by Crippen LogP contribution is -2.38. The molecule has 0 aromatic heterocycles. The van der Waals surface area contributed by atoms with Gasteiger partial charge in [0.05, 0.1) is 12.6 Å². The van der Waals surface area contributed by atoms with Crippen LogP contribution in [-0.4, -0.2) is 30.3 Å². The van der Waals surface area contributed by atoms with Gasteiger partial charge in [-0.25, -0.2) is 13.2 Å². The van der Waals surface area contributed by atoms with E-state index in [-0.39, 0.29) is 5.56 Å². The summed E-state index contributed by atoms with van der Waals surface area (Å²) in [5.74, 6) is -4.79. The van der Waals surface area contributed by atoms with Gasteiger partial charge in [0.25, 0.3) is 0 Å². The molecule has 7 heteroatoms. The van der Waals surface area contributed by atoms with Crippen LogP contribution in [0.25, 0.3) is 0 Å². The number of aliphatic hydroxyl groups is 1. The molecule has 1 fully saturated rings. The minimum absolute atomic E-state index is 0.0461. The summed E-state index contributed by atoms with van der Waals surface area (Å²) in [6.45, 7) is -0.0926. The van der Waals surface area contributed by atoms with Crippen LogP contribution in [0.3, 0.4) is 0 Å². The van der Waals surface area contributed by atoms with E-state index in [1.54, 1.807) is 0 Å². The lowest BCUT2D eigenvalue weighted by Gasteiger charge is -2.19. The number of hydrogen-bond donors (Lipinski definition) is 2. The highest BCUT2D eigenvalue weighted by atomic mass is 19.2. The van der Waals surface area contributed by atoms with Crippen LogP contribution in [0.5, 0.6) is 0 Å². The Morgan fingerprint density at radius 3 is 2.55 bits per heavy atom. The molecular formula is C13H14F3NO3. The van der Waals surface area contributed by atoms with E-state index in [0.29, 0.717) is 13.0 Å². The quantitative estimate of drug-likeness (QED) is 0.824. The second-order valence-corrected chi connectivity index (χ2v) is 4.54. The maximum Gasteiger partial charge on any atom is 0.249 e. The molecule has 2 unspecified atom stereocenters. The summed E-state index contributed by atoms with van der Waals surface area (Å²) in [6.07, 6.45) is 0.678. The number of benzene rings is 1. The van der Waals surface area contributed by atoms with E-state index < -0.39 is 42.1 Å². The van der Waals surface area contributed by atoms with Gasteiger partial charge in [-0.2, -0.15) is 0 Å². The monoisotopic (exact) mass is 289 g/mol. The predicted molar refractivity (Wildman–Crippen MR) is 63.3 cm³/mol. The molecule has 1 amide bonds. The highest BCUT2D eigenvalue weighted by Crippen LogP contribution is 2.20. The molecule has 0 radical (unpaired) electrons. The number of hydrogen-bond acceptors (Lipinski definition) is 3. The predicted octanol–water partition coefficient (Wildman–Crippen LogP) is 1.43. The van der Waals surface area contributed by atoms with Gasteiger partial charge in [0.15, 0.2) is 17.5 Å². The molecule has 1 aromatic rings. The fourth-order valence-corrected chi connectivity index (χ4v) is 2.06. The molecule has 1 aromatic carbocycles. The first-order valence-corrected chi connectivity index (χ1v) is 6.20. The molecule has 1 aliphatic rings. The molecule has 0 spiro atoms. The van der Waals surface area contributed by atoms with Crippen molar-refractivity contribution in [2.75, 3.05) is 13.2 Å². The molecular weight excluding hydrogens is 275 g/mol. The van der Waals surface area contributed by atoms with Crippen LogP contribution in [0.15, 0.2) is 12.1 Å². The molecule has 2 N–H and O–H groups in total. The van der Waals surface area contributed by atoms with Crippen molar-refractivity contribution < 1.29 is 27.8 Å².